The van der Waals surface area contributed by atoms with Crippen molar-refractivity contribution in [2.45, 2.75) is 18.3 Å². The molecule has 3 amide bonds. The van der Waals surface area contributed by atoms with Gasteiger partial charge in [-0.25, -0.2) is 4.79 Å². The van der Waals surface area contributed by atoms with Crippen LogP contribution in [-0.4, -0.2) is 45.7 Å². The van der Waals surface area contributed by atoms with Crippen LogP contribution in [0.15, 0.2) is 65.2 Å². The number of aliphatic hydroxyl groups is 1. The molecule has 2 aliphatic heterocycles. The molecule has 0 radical (unpaired) electrons. The first-order valence-electron chi connectivity index (χ1n) is 11.3. The Hall–Kier alpha value is -4.41. The number of aromatic hydroxyl groups is 1. The van der Waals surface area contributed by atoms with Crippen molar-refractivity contribution < 1.29 is 29.0 Å². The molecule has 0 bridgehead atoms. The van der Waals surface area contributed by atoms with Gasteiger partial charge in [-0.3, -0.25) is 20.0 Å². The van der Waals surface area contributed by atoms with Crippen molar-refractivity contribution in [3.05, 3.63) is 77.7 Å². The fourth-order valence-electron chi connectivity index (χ4n) is 4.87. The fraction of sp³-hybridized carbons (Fsp3) is 0.192. The van der Waals surface area contributed by atoms with Gasteiger partial charge in [0.15, 0.2) is 11.1 Å². The van der Waals surface area contributed by atoms with E-state index in [1.165, 1.54) is 6.20 Å². The third kappa shape index (κ3) is 3.46. The monoisotopic (exact) mass is 486 g/mol. The van der Waals surface area contributed by atoms with E-state index >= 15 is 0 Å². The molecule has 2 aromatic heterocycles. The van der Waals surface area contributed by atoms with Crippen LogP contribution in [0.25, 0.3) is 22.2 Å². The summed E-state index contributed by atoms with van der Waals surface area (Å²) in [6, 6.07) is 15.0. The van der Waals surface area contributed by atoms with Gasteiger partial charge in [-0.05, 0) is 42.0 Å². The number of phenolic OH excluding ortho intramolecular Hbond substituents is 1. The Balaban J connectivity index is 1.38. The Morgan fingerprint density at radius 2 is 2.06 bits per heavy atom. The molecule has 2 aliphatic rings. The van der Waals surface area contributed by atoms with Crippen molar-refractivity contribution in [2.75, 3.05) is 13.7 Å². The number of carbonyl (C=O) groups excluding carboxylic acids is 2. The van der Waals surface area contributed by atoms with E-state index < -0.39 is 23.7 Å². The highest BCUT2D eigenvalue weighted by atomic mass is 16.5. The molecule has 6 rings (SSSR count). The normalized spacial score (nSPS) is 21.4. The molecule has 4 N–H and O–H groups in total. The van der Waals surface area contributed by atoms with Crippen molar-refractivity contribution in [3.63, 3.8) is 0 Å². The van der Waals surface area contributed by atoms with E-state index in [9.17, 15) is 19.8 Å². The summed E-state index contributed by atoms with van der Waals surface area (Å²) in [5.41, 5.74) is 1.77. The molecule has 36 heavy (non-hydrogen) atoms. The lowest BCUT2D eigenvalue weighted by Crippen LogP contribution is -2.52. The first-order valence-corrected chi connectivity index (χ1v) is 11.3. The number of imide groups is 1. The molecule has 10 nitrogen and oxygen atoms in total. The van der Waals surface area contributed by atoms with Crippen molar-refractivity contribution in [3.8, 4) is 22.8 Å². The van der Waals surface area contributed by atoms with Crippen LogP contribution in [0.4, 0.5) is 4.79 Å². The number of phenols is 1. The Morgan fingerprint density at radius 1 is 1.19 bits per heavy atom. The number of urea groups is 1. The van der Waals surface area contributed by atoms with Crippen LogP contribution in [-0.2, 0) is 16.9 Å². The summed E-state index contributed by atoms with van der Waals surface area (Å²) < 4.78 is 11.3. The number of amides is 3. The Labute approximate surface area is 205 Å². The largest absolute Gasteiger partial charge is 0.508 e. The number of aliphatic hydroxyl groups excluding tert-OH is 1. The van der Waals surface area contributed by atoms with Crippen LogP contribution >= 0.6 is 0 Å². The molecule has 0 saturated carbocycles. The number of hydrogen-bond donors (Lipinski definition) is 4. The molecule has 4 heterocycles. The number of ether oxygens (including phenoxy) is 1. The van der Waals surface area contributed by atoms with Crippen LogP contribution < -0.4 is 15.4 Å². The topological polar surface area (TPSA) is 137 Å². The number of fused-ring (bicyclic) bond motifs is 2. The van der Waals surface area contributed by atoms with Gasteiger partial charge >= 0.3 is 6.03 Å². The molecule has 0 spiro atoms. The minimum Gasteiger partial charge on any atom is -0.508 e. The number of carbonyl (C=O) groups is 2. The van der Waals surface area contributed by atoms with Gasteiger partial charge in [0.25, 0.3) is 5.91 Å². The maximum Gasteiger partial charge on any atom is 0.322 e. The Morgan fingerprint density at radius 3 is 2.81 bits per heavy atom. The van der Waals surface area contributed by atoms with Crippen LogP contribution in [0.5, 0.6) is 11.5 Å². The zero-order chi connectivity index (χ0) is 25.0. The SMILES string of the molecule is COc1ccc2c(c1)C(O)N(CC1(c3cc4cc(-c5cccc(O)c5)ncc4o3)NC(=O)NC1=O)C2. The Kier molecular flexibility index (Phi) is 4.95. The van der Waals surface area contributed by atoms with Gasteiger partial charge in [0.2, 0.25) is 0 Å². The van der Waals surface area contributed by atoms with Gasteiger partial charge in [-0.1, -0.05) is 18.2 Å². The summed E-state index contributed by atoms with van der Waals surface area (Å²) in [6.07, 6.45) is 0.536. The van der Waals surface area contributed by atoms with E-state index in [0.717, 1.165) is 11.1 Å². The highest BCUT2D eigenvalue weighted by molar-refractivity contribution is 6.07. The number of benzene rings is 2. The first-order chi connectivity index (χ1) is 17.4. The maximum absolute atomic E-state index is 13.2. The molecule has 2 aromatic carbocycles. The number of rotatable bonds is 5. The zero-order valence-electron chi connectivity index (χ0n) is 19.2. The van der Waals surface area contributed by atoms with E-state index in [1.54, 1.807) is 48.4 Å². The van der Waals surface area contributed by atoms with Crippen LogP contribution in [0.2, 0.25) is 0 Å². The smallest absolute Gasteiger partial charge is 0.322 e. The van der Waals surface area contributed by atoms with E-state index in [1.807, 2.05) is 18.2 Å². The highest BCUT2D eigenvalue weighted by Crippen LogP contribution is 2.39. The molecule has 4 aromatic rings. The predicted molar refractivity (Wildman–Crippen MR) is 128 cm³/mol. The lowest BCUT2D eigenvalue weighted by molar-refractivity contribution is -0.127. The van der Waals surface area contributed by atoms with Gasteiger partial charge in [0, 0.05) is 29.6 Å². The molecule has 10 heteroatoms. The first kappa shape index (κ1) is 22.1. The van der Waals surface area contributed by atoms with Crippen LogP contribution in [0, 0.1) is 0 Å². The lowest BCUT2D eigenvalue weighted by atomic mass is 9.95. The van der Waals surface area contributed by atoms with Crippen molar-refractivity contribution >= 4 is 22.9 Å². The second kappa shape index (κ2) is 8.08. The van der Waals surface area contributed by atoms with Crippen molar-refractivity contribution in [1.82, 2.24) is 20.5 Å². The molecular weight excluding hydrogens is 464 g/mol. The maximum atomic E-state index is 13.2. The number of furan rings is 1. The molecular formula is C26H22N4O6. The number of aromatic nitrogens is 1. The molecule has 2 atom stereocenters. The number of pyridine rings is 1. The summed E-state index contributed by atoms with van der Waals surface area (Å²) >= 11 is 0. The molecule has 1 saturated heterocycles. The van der Waals surface area contributed by atoms with Gasteiger partial charge in [0.1, 0.15) is 23.5 Å². The number of nitrogens with zero attached hydrogens (tertiary/aromatic N) is 2. The van der Waals surface area contributed by atoms with Crippen LogP contribution in [0.3, 0.4) is 0 Å². The third-order valence-electron chi connectivity index (χ3n) is 6.70. The van der Waals surface area contributed by atoms with E-state index in [4.69, 9.17) is 9.15 Å². The molecule has 182 valence electrons. The standard InChI is InChI=1S/C26H22N4O6/c1-35-18-6-5-15-12-30(23(32)19(15)10-18)13-26(24(33)28-25(34)29-26)22-9-16-8-20(27-11-21(16)36-22)14-3-2-4-17(31)7-14/h2-11,23,31-32H,12-13H2,1H3,(H2,28,29,33,34). The summed E-state index contributed by atoms with van der Waals surface area (Å²) in [5, 5.41) is 26.5. The molecule has 0 aliphatic carbocycles. The second-order valence-electron chi connectivity index (χ2n) is 8.93. The lowest BCUT2D eigenvalue weighted by Gasteiger charge is -2.30. The zero-order valence-corrected chi connectivity index (χ0v) is 19.2. The molecule has 1 fully saturated rings. The van der Waals surface area contributed by atoms with Crippen molar-refractivity contribution in [2.24, 2.45) is 0 Å². The van der Waals surface area contributed by atoms with Gasteiger partial charge in [0.05, 0.1) is 19.0 Å². The summed E-state index contributed by atoms with van der Waals surface area (Å²) in [6.45, 7) is 0.338. The Bertz CT molecular complexity index is 1530. The van der Waals surface area contributed by atoms with Gasteiger partial charge < -0.3 is 24.7 Å². The number of methoxy groups -OCH3 is 1. The van der Waals surface area contributed by atoms with Crippen molar-refractivity contribution in [1.29, 1.82) is 0 Å². The average Bonchev–Trinajstić information content (AvgIpc) is 3.52. The fourth-order valence-corrected chi connectivity index (χ4v) is 4.87. The summed E-state index contributed by atoms with van der Waals surface area (Å²) in [5.74, 6) is 0.378. The quantitative estimate of drug-likeness (QED) is 0.316. The minimum atomic E-state index is -1.56. The minimum absolute atomic E-state index is 0.0323. The number of hydrogen-bond acceptors (Lipinski definition) is 8. The predicted octanol–water partition coefficient (Wildman–Crippen LogP) is 2.75. The summed E-state index contributed by atoms with van der Waals surface area (Å²) in [4.78, 5) is 31.5. The number of nitrogens with one attached hydrogen (secondary N) is 2. The molecule has 2 unspecified atom stereocenters. The van der Waals surface area contributed by atoms with Gasteiger partial charge in [-0.15, -0.1) is 0 Å². The van der Waals surface area contributed by atoms with E-state index in [2.05, 4.69) is 15.6 Å². The van der Waals surface area contributed by atoms with E-state index in [0.29, 0.717) is 34.5 Å². The second-order valence-corrected chi connectivity index (χ2v) is 8.93. The third-order valence-corrected chi connectivity index (χ3v) is 6.70. The average molecular weight is 486 g/mol. The van der Waals surface area contributed by atoms with Gasteiger partial charge in [-0.2, -0.15) is 0 Å². The summed E-state index contributed by atoms with van der Waals surface area (Å²) in [7, 11) is 1.55. The highest BCUT2D eigenvalue weighted by Gasteiger charge is 2.53. The van der Waals surface area contributed by atoms with Crippen LogP contribution in [0.1, 0.15) is 23.1 Å². The van der Waals surface area contributed by atoms with E-state index in [-0.39, 0.29) is 18.1 Å².